The number of nitrogens with zero attached hydrogens (tertiary/aromatic N) is 1. The zero-order valence-corrected chi connectivity index (χ0v) is 13.2. The van der Waals surface area contributed by atoms with Crippen molar-refractivity contribution in [3.05, 3.63) is 23.8 Å². The van der Waals surface area contributed by atoms with Crippen LogP contribution in [0.25, 0.3) is 0 Å². The maximum atomic E-state index is 12.5. The second-order valence-electron chi connectivity index (χ2n) is 5.72. The molecule has 0 fully saturated rings. The minimum Gasteiger partial charge on any atom is -0.478 e. The molecule has 1 atom stereocenters. The minimum atomic E-state index is -0.449. The number of benzene rings is 1. The van der Waals surface area contributed by atoms with Crippen LogP contribution in [0.15, 0.2) is 18.2 Å². The van der Waals surface area contributed by atoms with Gasteiger partial charge in [0.25, 0.3) is 5.91 Å². The molecular weight excluding hydrogens is 266 g/mol. The van der Waals surface area contributed by atoms with Gasteiger partial charge in [0, 0.05) is 18.5 Å². The van der Waals surface area contributed by atoms with Gasteiger partial charge in [-0.3, -0.25) is 9.59 Å². The van der Waals surface area contributed by atoms with Crippen LogP contribution in [0.5, 0.6) is 5.75 Å². The zero-order valence-electron chi connectivity index (χ0n) is 13.2. The Bertz CT molecular complexity index is 551. The summed E-state index contributed by atoms with van der Waals surface area (Å²) < 4.78 is 5.83. The molecule has 4 heteroatoms. The van der Waals surface area contributed by atoms with E-state index in [0.29, 0.717) is 30.0 Å². The van der Waals surface area contributed by atoms with E-state index >= 15 is 0 Å². The van der Waals surface area contributed by atoms with E-state index in [4.69, 9.17) is 4.74 Å². The molecule has 0 aliphatic carbocycles. The number of Topliss-reactive ketones (excluding diaryl/α,β-unsaturated/α-hetero) is 1. The Hall–Kier alpha value is -1.84. The van der Waals surface area contributed by atoms with Gasteiger partial charge in [-0.15, -0.1) is 0 Å². The second-order valence-corrected chi connectivity index (χ2v) is 5.72. The van der Waals surface area contributed by atoms with Gasteiger partial charge in [-0.25, -0.2) is 0 Å². The van der Waals surface area contributed by atoms with Gasteiger partial charge in [0.15, 0.2) is 11.9 Å². The average molecular weight is 289 g/mol. The van der Waals surface area contributed by atoms with Crippen molar-refractivity contribution in [2.75, 3.05) is 11.4 Å². The normalized spacial score (nSPS) is 17.7. The van der Waals surface area contributed by atoms with Gasteiger partial charge in [0.1, 0.15) is 5.75 Å². The van der Waals surface area contributed by atoms with Crippen molar-refractivity contribution >= 4 is 17.4 Å². The number of anilines is 1. The summed E-state index contributed by atoms with van der Waals surface area (Å²) in [6.07, 6.45) is 0.890. The predicted octanol–water partition coefficient (Wildman–Crippen LogP) is 3.44. The van der Waals surface area contributed by atoms with Crippen molar-refractivity contribution in [2.24, 2.45) is 5.92 Å². The summed E-state index contributed by atoms with van der Waals surface area (Å²) in [6.45, 7) is 8.43. The van der Waals surface area contributed by atoms with E-state index in [2.05, 4.69) is 0 Å². The third kappa shape index (κ3) is 2.94. The van der Waals surface area contributed by atoms with E-state index in [1.807, 2.05) is 33.8 Å². The van der Waals surface area contributed by atoms with Gasteiger partial charge in [0.05, 0.1) is 5.69 Å². The van der Waals surface area contributed by atoms with Crippen molar-refractivity contribution in [2.45, 2.75) is 46.6 Å². The lowest BCUT2D eigenvalue weighted by Gasteiger charge is -2.35. The lowest BCUT2D eigenvalue weighted by Crippen LogP contribution is -2.48. The number of rotatable bonds is 5. The summed E-state index contributed by atoms with van der Waals surface area (Å²) in [5, 5.41) is 0. The summed E-state index contributed by atoms with van der Waals surface area (Å²) in [6, 6.07) is 5.38. The van der Waals surface area contributed by atoms with Crippen LogP contribution in [0.3, 0.4) is 0 Å². The molecule has 0 aromatic heterocycles. The first-order chi connectivity index (χ1) is 9.99. The van der Waals surface area contributed by atoms with Crippen LogP contribution < -0.4 is 9.64 Å². The van der Waals surface area contributed by atoms with Crippen LogP contribution in [-0.4, -0.2) is 24.3 Å². The zero-order chi connectivity index (χ0) is 15.6. The number of carbonyl (C=O) groups is 2. The van der Waals surface area contributed by atoms with Crippen LogP contribution in [0.2, 0.25) is 0 Å². The molecule has 4 nitrogen and oxygen atoms in total. The monoisotopic (exact) mass is 289 g/mol. The Morgan fingerprint density at radius 2 is 2.05 bits per heavy atom. The number of hydrogen-bond donors (Lipinski definition) is 0. The highest BCUT2D eigenvalue weighted by Crippen LogP contribution is 2.36. The maximum absolute atomic E-state index is 12.5. The quantitative estimate of drug-likeness (QED) is 0.780. The third-order valence-corrected chi connectivity index (χ3v) is 3.73. The minimum absolute atomic E-state index is 0.0277. The standard InChI is InChI=1S/C17H23NO3/c1-5-7-14(19)12-8-9-15-13(10-12)18(6-2)17(20)16(21-15)11(3)4/h8-11,16H,5-7H2,1-4H3. The number of hydrogen-bond acceptors (Lipinski definition) is 3. The van der Waals surface area contributed by atoms with Crippen LogP contribution in [-0.2, 0) is 4.79 Å². The van der Waals surface area contributed by atoms with Gasteiger partial charge in [-0.1, -0.05) is 20.8 Å². The number of ether oxygens (including phenoxy) is 1. The average Bonchev–Trinajstić information content (AvgIpc) is 2.46. The summed E-state index contributed by atoms with van der Waals surface area (Å²) in [4.78, 5) is 26.2. The number of ketones is 1. The van der Waals surface area contributed by atoms with Gasteiger partial charge < -0.3 is 9.64 Å². The molecule has 0 radical (unpaired) electrons. The topological polar surface area (TPSA) is 46.6 Å². The molecular formula is C17H23NO3. The Morgan fingerprint density at radius 3 is 2.62 bits per heavy atom. The molecule has 0 N–H and O–H groups in total. The first kappa shape index (κ1) is 15.5. The molecule has 0 saturated carbocycles. The molecule has 1 aromatic rings. The van der Waals surface area contributed by atoms with Gasteiger partial charge in [-0.2, -0.15) is 0 Å². The number of fused-ring (bicyclic) bond motifs is 1. The van der Waals surface area contributed by atoms with E-state index in [-0.39, 0.29) is 17.6 Å². The molecule has 114 valence electrons. The lowest BCUT2D eigenvalue weighted by molar-refractivity contribution is -0.128. The van der Waals surface area contributed by atoms with Crippen molar-refractivity contribution in [1.82, 2.24) is 0 Å². The van der Waals surface area contributed by atoms with E-state index in [1.54, 1.807) is 17.0 Å². The number of carbonyl (C=O) groups excluding carboxylic acids is 2. The summed E-state index contributed by atoms with van der Waals surface area (Å²) in [5.74, 6) is 0.874. The fourth-order valence-electron chi connectivity index (χ4n) is 2.58. The van der Waals surface area contributed by atoms with Crippen molar-refractivity contribution in [3.8, 4) is 5.75 Å². The molecule has 1 amide bonds. The summed E-state index contributed by atoms with van der Waals surface area (Å²) in [5.41, 5.74) is 1.36. The predicted molar refractivity (Wildman–Crippen MR) is 83.0 cm³/mol. The smallest absolute Gasteiger partial charge is 0.268 e. The Balaban J connectivity index is 2.41. The lowest BCUT2D eigenvalue weighted by atomic mass is 10.0. The fraction of sp³-hybridized carbons (Fsp3) is 0.529. The molecule has 2 rings (SSSR count). The molecule has 0 bridgehead atoms. The Labute approximate surface area is 126 Å². The third-order valence-electron chi connectivity index (χ3n) is 3.73. The Morgan fingerprint density at radius 1 is 1.33 bits per heavy atom. The molecule has 1 aliphatic heterocycles. The molecule has 1 aromatic carbocycles. The molecule has 0 spiro atoms. The first-order valence-corrected chi connectivity index (χ1v) is 7.64. The highest BCUT2D eigenvalue weighted by atomic mass is 16.5. The number of likely N-dealkylation sites (N-methyl/N-ethyl adjacent to an activating group) is 1. The van der Waals surface area contributed by atoms with E-state index < -0.39 is 6.10 Å². The van der Waals surface area contributed by atoms with Gasteiger partial charge >= 0.3 is 0 Å². The molecule has 1 unspecified atom stereocenters. The van der Waals surface area contributed by atoms with Crippen LogP contribution >= 0.6 is 0 Å². The summed E-state index contributed by atoms with van der Waals surface area (Å²) in [7, 11) is 0. The highest BCUT2D eigenvalue weighted by molar-refractivity contribution is 6.03. The van der Waals surface area contributed by atoms with Crippen LogP contribution in [0, 0.1) is 5.92 Å². The van der Waals surface area contributed by atoms with Gasteiger partial charge in [0.2, 0.25) is 0 Å². The second kappa shape index (κ2) is 6.29. The van der Waals surface area contributed by atoms with E-state index in [1.165, 1.54) is 0 Å². The van der Waals surface area contributed by atoms with Crippen molar-refractivity contribution in [1.29, 1.82) is 0 Å². The molecule has 21 heavy (non-hydrogen) atoms. The summed E-state index contributed by atoms with van der Waals surface area (Å²) >= 11 is 0. The van der Waals surface area contributed by atoms with Crippen LogP contribution in [0.4, 0.5) is 5.69 Å². The highest BCUT2D eigenvalue weighted by Gasteiger charge is 2.35. The number of amides is 1. The SMILES string of the molecule is CCCC(=O)c1ccc2c(c1)N(CC)C(=O)C(C(C)C)O2. The first-order valence-electron chi connectivity index (χ1n) is 7.64. The maximum Gasteiger partial charge on any atom is 0.268 e. The van der Waals surface area contributed by atoms with Gasteiger partial charge in [-0.05, 0) is 37.5 Å². The largest absolute Gasteiger partial charge is 0.478 e. The Kier molecular flexibility index (Phi) is 4.66. The molecule has 0 saturated heterocycles. The van der Waals surface area contributed by atoms with E-state index in [0.717, 1.165) is 6.42 Å². The van der Waals surface area contributed by atoms with Crippen molar-refractivity contribution in [3.63, 3.8) is 0 Å². The van der Waals surface area contributed by atoms with Crippen molar-refractivity contribution < 1.29 is 14.3 Å². The fourth-order valence-corrected chi connectivity index (χ4v) is 2.58. The molecule has 1 heterocycles. The van der Waals surface area contributed by atoms with Crippen LogP contribution in [0.1, 0.15) is 50.9 Å². The van der Waals surface area contributed by atoms with E-state index in [9.17, 15) is 9.59 Å². The molecule has 1 aliphatic rings.